The van der Waals surface area contributed by atoms with Crippen LogP contribution in [0.1, 0.15) is 45.1 Å². The highest BCUT2D eigenvalue weighted by atomic mass is 15.2. The molecule has 0 spiro atoms. The third kappa shape index (κ3) is 4.05. The predicted molar refractivity (Wildman–Crippen MR) is 209 cm³/mol. The highest BCUT2D eigenvalue weighted by Crippen LogP contribution is 2.61. The summed E-state index contributed by atoms with van der Waals surface area (Å²) in [5, 5.41) is 7.95. The Labute approximate surface area is 288 Å². The van der Waals surface area contributed by atoms with Crippen molar-refractivity contribution in [2.24, 2.45) is 0 Å². The number of nitrogens with zero attached hydrogens (tertiary/aromatic N) is 1. The van der Waals surface area contributed by atoms with Gasteiger partial charge in [0.05, 0.1) is 5.54 Å². The molecule has 49 heavy (non-hydrogen) atoms. The average Bonchev–Trinajstić information content (AvgIpc) is 3.37. The van der Waals surface area contributed by atoms with Crippen molar-refractivity contribution in [1.29, 1.82) is 0 Å². The maximum absolute atomic E-state index is 2.66. The van der Waals surface area contributed by atoms with E-state index in [1.165, 1.54) is 108 Å². The number of benzene rings is 8. The summed E-state index contributed by atoms with van der Waals surface area (Å²) in [4.78, 5) is 2.66. The van der Waals surface area contributed by atoms with Crippen LogP contribution in [0.15, 0.2) is 152 Å². The van der Waals surface area contributed by atoms with E-state index >= 15 is 0 Å². The van der Waals surface area contributed by atoms with Gasteiger partial charge in [0.2, 0.25) is 0 Å². The summed E-state index contributed by atoms with van der Waals surface area (Å²) in [5.41, 5.74) is 12.0. The first kappa shape index (κ1) is 28.6. The zero-order valence-corrected chi connectivity index (χ0v) is 28.2. The Bertz CT molecular complexity index is 2510. The van der Waals surface area contributed by atoms with Crippen molar-refractivity contribution in [3.8, 4) is 33.4 Å². The quantitative estimate of drug-likeness (QED) is 0.175. The summed E-state index contributed by atoms with van der Waals surface area (Å²) >= 11 is 0. The van der Waals surface area contributed by atoms with Crippen LogP contribution in [0.2, 0.25) is 0 Å². The molecule has 236 valence electrons. The monoisotopic (exact) mass is 629 g/mol. The lowest BCUT2D eigenvalue weighted by atomic mass is 9.61. The van der Waals surface area contributed by atoms with Gasteiger partial charge < -0.3 is 4.90 Å². The van der Waals surface area contributed by atoms with E-state index < -0.39 is 0 Å². The first-order valence-electron chi connectivity index (χ1n) is 17.9. The molecule has 1 aliphatic heterocycles. The van der Waals surface area contributed by atoms with E-state index in [2.05, 4.69) is 170 Å². The minimum atomic E-state index is 0.0638. The Hall–Kier alpha value is -5.40. The highest BCUT2D eigenvalue weighted by Gasteiger charge is 2.57. The standard InChI is InChI=1S/C48H39N/c1-47-29-9-10-30-48(47,2)49(38-13-7-4-8-14-38)44-28-23-37(31-43(44)47)32-15-17-34(18-16-32)40-25-20-36-21-26-41-39(33-11-5-3-6-12-33)24-19-35-22-27-42(40)46(36)45(35)41/h3-8,11-28,31H,9-10,29-30H2,1-2H3. The van der Waals surface area contributed by atoms with Crippen LogP contribution in [-0.2, 0) is 5.41 Å². The van der Waals surface area contributed by atoms with Crippen molar-refractivity contribution in [2.45, 2.75) is 50.5 Å². The average molecular weight is 630 g/mol. The van der Waals surface area contributed by atoms with E-state index in [9.17, 15) is 0 Å². The topological polar surface area (TPSA) is 3.24 Å². The SMILES string of the molecule is CC12CCCCC1(C)N(c1ccccc1)c1ccc(-c3ccc(-c4ccc5ccc6c(-c7ccccc7)ccc7ccc4c5c76)cc3)cc12. The van der Waals surface area contributed by atoms with Crippen LogP contribution in [0.25, 0.3) is 65.7 Å². The van der Waals surface area contributed by atoms with Gasteiger partial charge in [0.25, 0.3) is 0 Å². The normalized spacial score (nSPS) is 20.2. The number of anilines is 2. The van der Waals surface area contributed by atoms with Crippen molar-refractivity contribution in [1.82, 2.24) is 0 Å². The lowest BCUT2D eigenvalue weighted by Gasteiger charge is -2.50. The fourth-order valence-electron chi connectivity index (χ4n) is 9.66. The van der Waals surface area contributed by atoms with Gasteiger partial charge in [-0.2, -0.15) is 0 Å². The first-order valence-corrected chi connectivity index (χ1v) is 17.9. The number of hydrogen-bond acceptors (Lipinski definition) is 1. The lowest BCUT2D eigenvalue weighted by Crippen LogP contribution is -2.54. The van der Waals surface area contributed by atoms with Crippen LogP contribution in [0.5, 0.6) is 0 Å². The molecule has 1 heterocycles. The number of hydrogen-bond donors (Lipinski definition) is 0. The molecule has 1 saturated carbocycles. The molecule has 10 rings (SSSR count). The van der Waals surface area contributed by atoms with Crippen LogP contribution in [-0.4, -0.2) is 5.54 Å². The van der Waals surface area contributed by atoms with Crippen molar-refractivity contribution < 1.29 is 0 Å². The Morgan fingerprint density at radius 1 is 0.469 bits per heavy atom. The molecule has 1 fully saturated rings. The zero-order valence-electron chi connectivity index (χ0n) is 28.2. The minimum Gasteiger partial charge on any atom is -0.334 e. The molecule has 0 bridgehead atoms. The largest absolute Gasteiger partial charge is 0.334 e. The molecule has 0 aromatic heterocycles. The summed E-state index contributed by atoms with van der Waals surface area (Å²) in [6.07, 6.45) is 5.02. The number of rotatable bonds is 4. The summed E-state index contributed by atoms with van der Waals surface area (Å²) in [7, 11) is 0. The summed E-state index contributed by atoms with van der Waals surface area (Å²) in [6, 6.07) is 56.8. The van der Waals surface area contributed by atoms with E-state index in [4.69, 9.17) is 0 Å². The summed E-state index contributed by atoms with van der Waals surface area (Å²) in [5.74, 6) is 0. The maximum Gasteiger partial charge on any atom is 0.0517 e. The molecular formula is C48H39N. The van der Waals surface area contributed by atoms with Crippen molar-refractivity contribution >= 4 is 43.7 Å². The van der Waals surface area contributed by atoms with Gasteiger partial charge in [0.1, 0.15) is 0 Å². The van der Waals surface area contributed by atoms with Crippen LogP contribution in [0, 0.1) is 0 Å². The molecule has 1 aliphatic carbocycles. The van der Waals surface area contributed by atoms with Crippen LogP contribution >= 0.6 is 0 Å². The first-order chi connectivity index (χ1) is 24.0. The van der Waals surface area contributed by atoms with Crippen molar-refractivity contribution in [2.75, 3.05) is 4.90 Å². The van der Waals surface area contributed by atoms with Gasteiger partial charge in [-0.1, -0.05) is 147 Å². The van der Waals surface area contributed by atoms with E-state index in [0.29, 0.717) is 0 Å². The van der Waals surface area contributed by atoms with E-state index in [1.54, 1.807) is 0 Å². The van der Waals surface area contributed by atoms with Gasteiger partial charge in [-0.3, -0.25) is 0 Å². The molecule has 0 radical (unpaired) electrons. The van der Waals surface area contributed by atoms with Gasteiger partial charge in [-0.15, -0.1) is 0 Å². The molecule has 1 nitrogen and oxygen atoms in total. The molecule has 8 aromatic rings. The van der Waals surface area contributed by atoms with E-state index in [1.807, 2.05) is 0 Å². The molecule has 0 saturated heterocycles. The Kier molecular flexibility index (Phi) is 6.16. The Balaban J connectivity index is 1.07. The molecular weight excluding hydrogens is 591 g/mol. The Morgan fingerprint density at radius 3 is 1.65 bits per heavy atom. The predicted octanol–water partition coefficient (Wildman–Crippen LogP) is 13.3. The molecule has 1 heteroatoms. The van der Waals surface area contributed by atoms with Crippen molar-refractivity contribution in [3.05, 3.63) is 157 Å². The third-order valence-corrected chi connectivity index (χ3v) is 12.4. The van der Waals surface area contributed by atoms with E-state index in [-0.39, 0.29) is 11.0 Å². The molecule has 0 amide bonds. The van der Waals surface area contributed by atoms with Crippen LogP contribution in [0.3, 0.4) is 0 Å². The third-order valence-electron chi connectivity index (χ3n) is 12.4. The number of para-hydroxylation sites is 1. The second-order valence-corrected chi connectivity index (χ2v) is 14.8. The van der Waals surface area contributed by atoms with Gasteiger partial charge in [0.15, 0.2) is 0 Å². The molecule has 2 aliphatic rings. The molecule has 0 N–H and O–H groups in total. The zero-order chi connectivity index (χ0) is 32.7. The molecule has 2 atom stereocenters. The second-order valence-electron chi connectivity index (χ2n) is 14.8. The lowest BCUT2D eigenvalue weighted by molar-refractivity contribution is 0.195. The molecule has 2 unspecified atom stereocenters. The highest BCUT2D eigenvalue weighted by molar-refractivity contribution is 6.27. The van der Waals surface area contributed by atoms with Gasteiger partial charge in [-0.25, -0.2) is 0 Å². The van der Waals surface area contributed by atoms with E-state index in [0.717, 1.165) is 0 Å². The fraction of sp³-hybridized carbons (Fsp3) is 0.167. The maximum atomic E-state index is 2.66. The molecule has 8 aromatic carbocycles. The summed E-state index contributed by atoms with van der Waals surface area (Å²) < 4.78 is 0. The second kappa shape index (κ2) is 10.5. The van der Waals surface area contributed by atoms with Crippen LogP contribution < -0.4 is 4.90 Å². The van der Waals surface area contributed by atoms with Gasteiger partial charge in [-0.05, 0) is 115 Å². The minimum absolute atomic E-state index is 0.0638. The van der Waals surface area contributed by atoms with Gasteiger partial charge >= 0.3 is 0 Å². The van der Waals surface area contributed by atoms with Crippen LogP contribution in [0.4, 0.5) is 11.4 Å². The smallest absolute Gasteiger partial charge is 0.0517 e. The van der Waals surface area contributed by atoms with Crippen molar-refractivity contribution in [3.63, 3.8) is 0 Å². The fourth-order valence-corrected chi connectivity index (χ4v) is 9.66. The Morgan fingerprint density at radius 2 is 1.00 bits per heavy atom. The number of fused-ring (bicyclic) bond motifs is 3. The summed E-state index contributed by atoms with van der Waals surface area (Å²) in [6.45, 7) is 5.03. The van der Waals surface area contributed by atoms with Gasteiger partial charge in [0, 0.05) is 16.8 Å².